The molecule has 3 N–H and O–H groups in total. The minimum Gasteiger partial charge on any atom is -0.394 e. The quantitative estimate of drug-likeness (QED) is 0.0425. The van der Waals surface area contributed by atoms with Crippen LogP contribution in [0.25, 0.3) is 0 Å². The molecule has 1 amide bonds. The van der Waals surface area contributed by atoms with Crippen molar-refractivity contribution < 1.29 is 15.0 Å². The van der Waals surface area contributed by atoms with E-state index in [0.29, 0.717) is 6.42 Å². The summed E-state index contributed by atoms with van der Waals surface area (Å²) >= 11 is 0. The molecule has 0 aromatic heterocycles. The van der Waals surface area contributed by atoms with E-state index < -0.39 is 12.1 Å². The van der Waals surface area contributed by atoms with E-state index in [0.717, 1.165) is 32.1 Å². The smallest absolute Gasteiger partial charge is 0.220 e. The fourth-order valence-corrected chi connectivity index (χ4v) is 7.72. The summed E-state index contributed by atoms with van der Waals surface area (Å²) < 4.78 is 0. The molecule has 0 aliphatic heterocycles. The van der Waals surface area contributed by atoms with E-state index in [-0.39, 0.29) is 12.5 Å². The number of carbonyl (C=O) groups excluding carboxylic acids is 1. The molecule has 0 bridgehead atoms. The van der Waals surface area contributed by atoms with Gasteiger partial charge in [0.15, 0.2) is 0 Å². The van der Waals surface area contributed by atoms with E-state index in [9.17, 15) is 15.0 Å². The second-order valence-corrected chi connectivity index (χ2v) is 17.2. The van der Waals surface area contributed by atoms with Crippen molar-refractivity contribution in [2.75, 3.05) is 6.61 Å². The third kappa shape index (κ3) is 43.7. The first kappa shape index (κ1) is 54.6. The van der Waals surface area contributed by atoms with Crippen molar-refractivity contribution in [1.29, 1.82) is 0 Å². The van der Waals surface area contributed by atoms with Crippen LogP contribution in [0.4, 0.5) is 0 Å². The maximum Gasteiger partial charge on any atom is 0.220 e. The number of unbranched alkanes of at least 4 members (excludes halogenated alkanes) is 35. The molecule has 0 rings (SSSR count). The van der Waals surface area contributed by atoms with Gasteiger partial charge >= 0.3 is 0 Å². The zero-order valence-corrected chi connectivity index (χ0v) is 37.9. The topological polar surface area (TPSA) is 69.6 Å². The van der Waals surface area contributed by atoms with E-state index >= 15 is 0 Å². The Morgan fingerprint density at radius 1 is 0.411 bits per heavy atom. The van der Waals surface area contributed by atoms with Gasteiger partial charge in [-0.15, -0.1) is 0 Å². The van der Waals surface area contributed by atoms with E-state index in [4.69, 9.17) is 0 Å². The number of allylic oxidation sites excluding steroid dienone is 5. The van der Waals surface area contributed by atoms with Gasteiger partial charge in [0.2, 0.25) is 5.91 Å². The third-order valence-corrected chi connectivity index (χ3v) is 11.6. The van der Waals surface area contributed by atoms with Crippen molar-refractivity contribution in [2.24, 2.45) is 0 Å². The maximum absolute atomic E-state index is 12.4. The van der Waals surface area contributed by atoms with Gasteiger partial charge in [-0.05, 0) is 57.8 Å². The number of hydrogen-bond donors (Lipinski definition) is 3. The van der Waals surface area contributed by atoms with Gasteiger partial charge in [0, 0.05) is 6.42 Å². The molecule has 0 heterocycles. The lowest BCUT2D eigenvalue weighted by Gasteiger charge is -2.19. The van der Waals surface area contributed by atoms with Crippen LogP contribution < -0.4 is 5.32 Å². The first-order valence-electron chi connectivity index (χ1n) is 25.2. The van der Waals surface area contributed by atoms with Crippen LogP contribution in [0.1, 0.15) is 271 Å². The van der Waals surface area contributed by atoms with Crippen molar-refractivity contribution in [2.45, 2.75) is 283 Å². The van der Waals surface area contributed by atoms with Crippen LogP contribution in [0.15, 0.2) is 36.5 Å². The Kier molecular flexibility index (Phi) is 46.8. The summed E-state index contributed by atoms with van der Waals surface area (Å²) in [6.07, 6.45) is 64.2. The number of amides is 1. The summed E-state index contributed by atoms with van der Waals surface area (Å²) in [7, 11) is 0. The molecule has 2 atom stereocenters. The molecular weight excluding hydrogens is 687 g/mol. The Morgan fingerprint density at radius 2 is 0.696 bits per heavy atom. The monoisotopic (exact) mass is 786 g/mol. The first-order chi connectivity index (χ1) is 27.7. The molecule has 0 spiro atoms. The van der Waals surface area contributed by atoms with Crippen LogP contribution in [-0.4, -0.2) is 34.9 Å². The maximum atomic E-state index is 12.4. The van der Waals surface area contributed by atoms with Crippen LogP contribution in [0.3, 0.4) is 0 Å². The average molecular weight is 786 g/mol. The number of hydrogen-bond acceptors (Lipinski definition) is 3. The molecule has 0 saturated heterocycles. The summed E-state index contributed by atoms with van der Waals surface area (Å²) in [6.45, 7) is 4.32. The second kappa shape index (κ2) is 48.0. The lowest BCUT2D eigenvalue weighted by atomic mass is 10.0. The largest absolute Gasteiger partial charge is 0.394 e. The van der Waals surface area contributed by atoms with Crippen molar-refractivity contribution in [3.05, 3.63) is 36.5 Å². The molecule has 2 unspecified atom stereocenters. The molecule has 0 aliphatic carbocycles. The molecule has 0 saturated carbocycles. The van der Waals surface area contributed by atoms with Gasteiger partial charge in [-0.25, -0.2) is 0 Å². The van der Waals surface area contributed by atoms with Crippen molar-refractivity contribution in [1.82, 2.24) is 5.32 Å². The normalized spacial score (nSPS) is 13.1. The molecule has 0 aromatic rings. The minimum atomic E-state index is -0.863. The molecule has 0 radical (unpaired) electrons. The Hall–Kier alpha value is -1.39. The van der Waals surface area contributed by atoms with Crippen LogP contribution in [0.2, 0.25) is 0 Å². The van der Waals surface area contributed by atoms with Gasteiger partial charge in [-0.1, -0.05) is 243 Å². The zero-order chi connectivity index (χ0) is 40.7. The van der Waals surface area contributed by atoms with E-state index in [1.54, 1.807) is 6.08 Å². The highest BCUT2D eigenvalue weighted by atomic mass is 16.3. The molecular formula is C52H99NO3. The van der Waals surface area contributed by atoms with Crippen LogP contribution in [0.5, 0.6) is 0 Å². The Balaban J connectivity index is 3.56. The highest BCUT2D eigenvalue weighted by Gasteiger charge is 2.17. The van der Waals surface area contributed by atoms with E-state index in [2.05, 4.69) is 43.5 Å². The summed E-state index contributed by atoms with van der Waals surface area (Å²) in [5.74, 6) is -0.0743. The van der Waals surface area contributed by atoms with Gasteiger partial charge in [0.25, 0.3) is 0 Å². The van der Waals surface area contributed by atoms with Crippen molar-refractivity contribution in [3.63, 3.8) is 0 Å². The lowest BCUT2D eigenvalue weighted by molar-refractivity contribution is -0.123. The molecule has 330 valence electrons. The molecule has 4 heteroatoms. The molecule has 0 fully saturated rings. The molecule has 4 nitrogen and oxygen atoms in total. The Morgan fingerprint density at radius 3 is 1.04 bits per heavy atom. The first-order valence-corrected chi connectivity index (χ1v) is 25.2. The van der Waals surface area contributed by atoms with Crippen LogP contribution >= 0.6 is 0 Å². The summed E-state index contributed by atoms with van der Waals surface area (Å²) in [5.41, 5.74) is 0. The van der Waals surface area contributed by atoms with Crippen molar-refractivity contribution in [3.8, 4) is 0 Å². The third-order valence-electron chi connectivity index (χ3n) is 11.6. The number of carbonyl (C=O) groups is 1. The van der Waals surface area contributed by atoms with Crippen LogP contribution in [0, 0.1) is 0 Å². The van der Waals surface area contributed by atoms with Crippen LogP contribution in [-0.2, 0) is 4.79 Å². The number of rotatable bonds is 46. The van der Waals surface area contributed by atoms with Gasteiger partial charge < -0.3 is 15.5 Å². The fraction of sp³-hybridized carbons (Fsp3) is 0.865. The standard InChI is InChI=1S/C52H99NO3/c1-3-5-7-9-11-13-15-17-19-21-23-25-26-27-28-30-32-34-36-38-40-42-44-46-48-52(56)53-50(49-54)51(55)47-45-43-41-39-37-35-33-31-29-24-22-20-18-16-14-12-10-8-6-4-2/h27-28,37,39,45,47,50-51,54-55H,3-26,29-36,38,40-44,46,48-49H2,1-2H3,(H,53,56)/b28-27-,39-37+,47-45+. The highest BCUT2D eigenvalue weighted by molar-refractivity contribution is 5.76. The predicted octanol–water partition coefficient (Wildman–Crippen LogP) is 16.1. The SMILES string of the molecule is CCCCCCCCCCCCCC/C=C\CCCCCCCCCCC(=O)NC(CO)C(O)/C=C/CC/C=C/CCCCCCCCCCCCCCCC. The zero-order valence-electron chi connectivity index (χ0n) is 37.9. The lowest BCUT2D eigenvalue weighted by Crippen LogP contribution is -2.45. The summed E-state index contributed by atoms with van der Waals surface area (Å²) in [4.78, 5) is 12.4. The number of nitrogens with one attached hydrogen (secondary N) is 1. The Labute approximate surface area is 351 Å². The summed E-state index contributed by atoms with van der Waals surface area (Å²) in [6, 6.07) is -0.640. The summed E-state index contributed by atoms with van der Waals surface area (Å²) in [5, 5.41) is 23.1. The molecule has 0 aromatic carbocycles. The van der Waals surface area contributed by atoms with E-state index in [1.165, 1.54) is 218 Å². The average Bonchev–Trinajstić information content (AvgIpc) is 3.20. The molecule has 0 aliphatic rings. The van der Waals surface area contributed by atoms with E-state index in [1.807, 2.05) is 6.08 Å². The number of aliphatic hydroxyl groups is 2. The number of aliphatic hydroxyl groups excluding tert-OH is 2. The predicted molar refractivity (Wildman–Crippen MR) is 248 cm³/mol. The van der Waals surface area contributed by atoms with Gasteiger partial charge in [0.05, 0.1) is 18.8 Å². The second-order valence-electron chi connectivity index (χ2n) is 17.2. The highest BCUT2D eigenvalue weighted by Crippen LogP contribution is 2.16. The van der Waals surface area contributed by atoms with Crippen molar-refractivity contribution >= 4 is 5.91 Å². The van der Waals surface area contributed by atoms with Gasteiger partial charge in [-0.3, -0.25) is 4.79 Å². The van der Waals surface area contributed by atoms with Gasteiger partial charge in [-0.2, -0.15) is 0 Å². The Bertz CT molecular complexity index is 851. The minimum absolute atomic E-state index is 0.0743. The molecule has 56 heavy (non-hydrogen) atoms. The fourth-order valence-electron chi connectivity index (χ4n) is 7.72. The van der Waals surface area contributed by atoms with Gasteiger partial charge in [0.1, 0.15) is 0 Å².